The summed E-state index contributed by atoms with van der Waals surface area (Å²) in [5.41, 5.74) is 3.17. The Balaban J connectivity index is 2.23. The number of aromatic nitrogens is 1. The van der Waals surface area contributed by atoms with Crippen LogP contribution in [0.1, 0.15) is 32.0 Å². The van der Waals surface area contributed by atoms with Gasteiger partial charge >= 0.3 is 0 Å². The Morgan fingerprint density at radius 1 is 1.32 bits per heavy atom. The van der Waals surface area contributed by atoms with E-state index in [1.807, 2.05) is 31.2 Å². The molecule has 0 aliphatic carbocycles. The third kappa shape index (κ3) is 3.67. The van der Waals surface area contributed by atoms with Crippen molar-refractivity contribution in [2.24, 2.45) is 0 Å². The van der Waals surface area contributed by atoms with Gasteiger partial charge in [-0.1, -0.05) is 33.2 Å². The van der Waals surface area contributed by atoms with E-state index in [1.54, 1.807) is 0 Å². The first-order valence-electron chi connectivity index (χ1n) is 6.33. The number of nitrogens with zero attached hydrogens (tertiary/aromatic N) is 1. The van der Waals surface area contributed by atoms with Gasteiger partial charge < -0.3 is 9.84 Å². The molecule has 4 heteroatoms. The maximum absolute atomic E-state index is 5.49. The predicted molar refractivity (Wildman–Crippen MR) is 81.0 cm³/mol. The molecule has 0 spiro atoms. The van der Waals surface area contributed by atoms with Gasteiger partial charge in [-0.15, -0.1) is 0 Å². The van der Waals surface area contributed by atoms with Crippen LogP contribution in [0.3, 0.4) is 0 Å². The summed E-state index contributed by atoms with van der Waals surface area (Å²) in [7, 11) is 0. The second-order valence-corrected chi connectivity index (χ2v) is 6.61. The van der Waals surface area contributed by atoms with E-state index in [4.69, 9.17) is 4.52 Å². The molecule has 0 saturated carbocycles. The first kappa shape index (κ1) is 14.3. The zero-order valence-electron chi connectivity index (χ0n) is 11.7. The number of benzene rings is 1. The molecule has 0 saturated heterocycles. The first-order chi connectivity index (χ1) is 8.87. The topological polar surface area (TPSA) is 38.1 Å². The molecule has 1 heterocycles. The lowest BCUT2D eigenvalue weighted by Crippen LogP contribution is -2.35. The Kier molecular flexibility index (Phi) is 4.11. The Morgan fingerprint density at radius 3 is 2.68 bits per heavy atom. The van der Waals surface area contributed by atoms with Crippen molar-refractivity contribution in [3.63, 3.8) is 0 Å². The van der Waals surface area contributed by atoms with Crippen molar-refractivity contribution < 1.29 is 4.52 Å². The van der Waals surface area contributed by atoms with Gasteiger partial charge in [0.05, 0.1) is 0 Å². The summed E-state index contributed by atoms with van der Waals surface area (Å²) in [5.74, 6) is 0.840. The van der Waals surface area contributed by atoms with Gasteiger partial charge in [-0.2, -0.15) is 0 Å². The van der Waals surface area contributed by atoms with E-state index >= 15 is 0 Å². The lowest BCUT2D eigenvalue weighted by Gasteiger charge is -2.19. The van der Waals surface area contributed by atoms with E-state index in [-0.39, 0.29) is 5.54 Å². The van der Waals surface area contributed by atoms with Gasteiger partial charge in [0.15, 0.2) is 5.76 Å². The molecule has 0 amide bonds. The van der Waals surface area contributed by atoms with Crippen LogP contribution < -0.4 is 5.32 Å². The number of rotatable bonds is 3. The molecule has 0 aliphatic heterocycles. The second-order valence-electron chi connectivity index (χ2n) is 5.70. The standard InChI is InChI=1S/C15H19BrN2O/c1-10-13(9-17-15(2,3)4)18-19-14(10)11-6-5-7-12(16)8-11/h5-8,17H,9H2,1-4H3. The van der Waals surface area contributed by atoms with Crippen molar-refractivity contribution in [2.75, 3.05) is 0 Å². The number of hydrogen-bond acceptors (Lipinski definition) is 3. The van der Waals surface area contributed by atoms with E-state index in [0.29, 0.717) is 6.54 Å². The van der Waals surface area contributed by atoms with Gasteiger partial charge in [0.1, 0.15) is 5.69 Å². The van der Waals surface area contributed by atoms with E-state index in [9.17, 15) is 0 Å². The molecule has 0 unspecified atom stereocenters. The summed E-state index contributed by atoms with van der Waals surface area (Å²) in [6.45, 7) is 9.17. The summed E-state index contributed by atoms with van der Waals surface area (Å²) in [4.78, 5) is 0. The van der Waals surface area contributed by atoms with Crippen LogP contribution in [0.5, 0.6) is 0 Å². The molecule has 2 rings (SSSR count). The minimum Gasteiger partial charge on any atom is -0.356 e. The molecule has 2 aromatic rings. The van der Waals surface area contributed by atoms with Crippen molar-refractivity contribution >= 4 is 15.9 Å². The van der Waals surface area contributed by atoms with Crippen LogP contribution in [0.25, 0.3) is 11.3 Å². The molecular formula is C15H19BrN2O. The minimum atomic E-state index is 0.0708. The van der Waals surface area contributed by atoms with Gasteiger partial charge in [-0.3, -0.25) is 0 Å². The molecule has 3 nitrogen and oxygen atoms in total. The highest BCUT2D eigenvalue weighted by Crippen LogP contribution is 2.27. The normalized spacial score (nSPS) is 11.8. The summed E-state index contributed by atoms with van der Waals surface area (Å²) in [6.07, 6.45) is 0. The summed E-state index contributed by atoms with van der Waals surface area (Å²) < 4.78 is 6.53. The molecule has 1 aromatic heterocycles. The Hall–Kier alpha value is -1.13. The first-order valence-corrected chi connectivity index (χ1v) is 7.12. The summed E-state index contributed by atoms with van der Waals surface area (Å²) in [5, 5.41) is 7.60. The number of nitrogens with one attached hydrogen (secondary N) is 1. The minimum absolute atomic E-state index is 0.0708. The van der Waals surface area contributed by atoms with Crippen molar-refractivity contribution in [3.05, 3.63) is 40.0 Å². The fraction of sp³-hybridized carbons (Fsp3) is 0.400. The number of hydrogen-bond donors (Lipinski definition) is 1. The van der Waals surface area contributed by atoms with Gasteiger partial charge in [0, 0.05) is 27.7 Å². The zero-order valence-corrected chi connectivity index (χ0v) is 13.3. The molecule has 0 aliphatic rings. The lowest BCUT2D eigenvalue weighted by atomic mass is 10.1. The van der Waals surface area contributed by atoms with E-state index in [2.05, 4.69) is 47.2 Å². The van der Waals surface area contributed by atoms with Crippen LogP contribution in [0, 0.1) is 6.92 Å². The lowest BCUT2D eigenvalue weighted by molar-refractivity contribution is 0.392. The molecule has 0 atom stereocenters. The predicted octanol–water partition coefficient (Wildman–Crippen LogP) is 4.30. The van der Waals surface area contributed by atoms with Crippen LogP contribution in [0.2, 0.25) is 0 Å². The number of halogens is 1. The highest BCUT2D eigenvalue weighted by molar-refractivity contribution is 9.10. The largest absolute Gasteiger partial charge is 0.356 e. The van der Waals surface area contributed by atoms with Crippen LogP contribution >= 0.6 is 15.9 Å². The molecular weight excluding hydrogens is 304 g/mol. The average molecular weight is 323 g/mol. The van der Waals surface area contributed by atoms with Gasteiger partial charge in [-0.25, -0.2) is 0 Å². The maximum Gasteiger partial charge on any atom is 0.170 e. The summed E-state index contributed by atoms with van der Waals surface area (Å²) in [6, 6.07) is 8.06. The van der Waals surface area contributed by atoms with Gasteiger partial charge in [0.25, 0.3) is 0 Å². The smallest absolute Gasteiger partial charge is 0.170 e. The second kappa shape index (κ2) is 5.47. The van der Waals surface area contributed by atoms with Crippen molar-refractivity contribution in [2.45, 2.75) is 39.8 Å². The van der Waals surface area contributed by atoms with Crippen molar-refractivity contribution in [3.8, 4) is 11.3 Å². The van der Waals surface area contributed by atoms with E-state index in [1.165, 1.54) is 0 Å². The molecule has 19 heavy (non-hydrogen) atoms. The fourth-order valence-corrected chi connectivity index (χ4v) is 2.18. The summed E-state index contributed by atoms with van der Waals surface area (Å²) >= 11 is 3.47. The molecule has 0 bridgehead atoms. The molecule has 102 valence electrons. The molecule has 1 aromatic carbocycles. The van der Waals surface area contributed by atoms with E-state index < -0.39 is 0 Å². The van der Waals surface area contributed by atoms with Gasteiger partial charge in [0.2, 0.25) is 0 Å². The Labute approximate surface area is 122 Å². The molecule has 0 fully saturated rings. The maximum atomic E-state index is 5.49. The molecule has 1 N–H and O–H groups in total. The van der Waals surface area contributed by atoms with Gasteiger partial charge in [-0.05, 0) is 39.8 Å². The Bertz CT molecular complexity index is 570. The Morgan fingerprint density at radius 2 is 2.05 bits per heavy atom. The van der Waals surface area contributed by atoms with Crippen LogP contribution in [-0.2, 0) is 6.54 Å². The highest BCUT2D eigenvalue weighted by Gasteiger charge is 2.16. The van der Waals surface area contributed by atoms with Crippen LogP contribution in [-0.4, -0.2) is 10.7 Å². The SMILES string of the molecule is Cc1c(CNC(C)(C)C)noc1-c1cccc(Br)c1. The van der Waals surface area contributed by atoms with E-state index in [0.717, 1.165) is 27.1 Å². The molecule has 0 radical (unpaired) electrons. The monoisotopic (exact) mass is 322 g/mol. The third-order valence-corrected chi connectivity index (χ3v) is 3.39. The quantitative estimate of drug-likeness (QED) is 0.915. The van der Waals surface area contributed by atoms with Crippen LogP contribution in [0.15, 0.2) is 33.3 Å². The van der Waals surface area contributed by atoms with Crippen LogP contribution in [0.4, 0.5) is 0 Å². The highest BCUT2D eigenvalue weighted by atomic mass is 79.9. The fourth-order valence-electron chi connectivity index (χ4n) is 1.78. The van der Waals surface area contributed by atoms with Crippen molar-refractivity contribution in [1.29, 1.82) is 0 Å². The average Bonchev–Trinajstić information content (AvgIpc) is 2.67. The van der Waals surface area contributed by atoms with Crippen molar-refractivity contribution in [1.82, 2.24) is 10.5 Å². The zero-order chi connectivity index (χ0) is 14.0. The third-order valence-electron chi connectivity index (χ3n) is 2.89.